The van der Waals surface area contributed by atoms with Gasteiger partial charge >= 0.3 is 0 Å². The highest BCUT2D eigenvalue weighted by Crippen LogP contribution is 2.31. The number of aromatic nitrogens is 4. The first-order valence-electron chi connectivity index (χ1n) is 9.81. The molecule has 0 aliphatic heterocycles. The SMILES string of the molecule is COc1ccc(OC)c(-n2nnnc2SC(C)C(=O)Nc2ccc(C(C)(C)C)cc2)c1. The Bertz CT molecular complexity index is 1040. The van der Waals surface area contributed by atoms with Crippen molar-refractivity contribution in [1.29, 1.82) is 0 Å². The van der Waals surface area contributed by atoms with Gasteiger partial charge in [-0.3, -0.25) is 4.79 Å². The zero-order valence-corrected chi connectivity index (χ0v) is 19.4. The lowest BCUT2D eigenvalue weighted by molar-refractivity contribution is -0.115. The van der Waals surface area contributed by atoms with Gasteiger partial charge < -0.3 is 14.8 Å². The number of methoxy groups -OCH3 is 2. The van der Waals surface area contributed by atoms with E-state index >= 15 is 0 Å². The molecule has 1 amide bonds. The third-order valence-corrected chi connectivity index (χ3v) is 5.76. The molecular weight excluding hydrogens is 414 g/mol. The second-order valence-electron chi connectivity index (χ2n) is 7.99. The number of benzene rings is 2. The fraction of sp³-hybridized carbons (Fsp3) is 0.364. The van der Waals surface area contributed by atoms with Crippen LogP contribution in [0.4, 0.5) is 5.69 Å². The quantitative estimate of drug-likeness (QED) is 0.552. The predicted octanol–water partition coefficient (Wildman–Crippen LogP) is 4.10. The molecule has 8 nitrogen and oxygen atoms in total. The topological polar surface area (TPSA) is 91.2 Å². The highest BCUT2D eigenvalue weighted by molar-refractivity contribution is 8.00. The summed E-state index contributed by atoms with van der Waals surface area (Å²) in [6, 6.07) is 13.2. The molecular formula is C22H27N5O3S. The molecule has 0 saturated carbocycles. The Labute approximate surface area is 186 Å². The summed E-state index contributed by atoms with van der Waals surface area (Å²) in [4.78, 5) is 12.7. The van der Waals surface area contributed by atoms with Crippen LogP contribution in [0.25, 0.3) is 5.69 Å². The van der Waals surface area contributed by atoms with Crippen molar-refractivity contribution in [2.24, 2.45) is 0 Å². The molecule has 1 N–H and O–H groups in total. The number of carbonyl (C=O) groups is 1. The minimum atomic E-state index is -0.427. The molecule has 1 unspecified atom stereocenters. The van der Waals surface area contributed by atoms with Crippen LogP contribution in [-0.4, -0.2) is 45.6 Å². The van der Waals surface area contributed by atoms with E-state index in [-0.39, 0.29) is 11.3 Å². The van der Waals surface area contributed by atoms with Gasteiger partial charge in [0.1, 0.15) is 17.2 Å². The van der Waals surface area contributed by atoms with Crippen molar-refractivity contribution in [2.45, 2.75) is 43.5 Å². The molecule has 9 heteroatoms. The van der Waals surface area contributed by atoms with E-state index in [0.29, 0.717) is 22.3 Å². The first-order chi connectivity index (χ1) is 14.7. The molecule has 3 aromatic rings. The molecule has 0 aliphatic carbocycles. The molecule has 2 aromatic carbocycles. The van der Waals surface area contributed by atoms with E-state index < -0.39 is 5.25 Å². The summed E-state index contributed by atoms with van der Waals surface area (Å²) in [6.07, 6.45) is 0. The average Bonchev–Trinajstić information content (AvgIpc) is 3.20. The third-order valence-electron chi connectivity index (χ3n) is 4.72. The van der Waals surface area contributed by atoms with Gasteiger partial charge in [-0.1, -0.05) is 44.7 Å². The van der Waals surface area contributed by atoms with Crippen molar-refractivity contribution < 1.29 is 14.3 Å². The number of anilines is 1. The number of nitrogens with one attached hydrogen (secondary N) is 1. The summed E-state index contributed by atoms with van der Waals surface area (Å²) in [5.41, 5.74) is 2.64. The summed E-state index contributed by atoms with van der Waals surface area (Å²) in [6.45, 7) is 8.27. The Hall–Kier alpha value is -3.07. The van der Waals surface area contributed by atoms with Crippen LogP contribution in [0.2, 0.25) is 0 Å². The van der Waals surface area contributed by atoms with E-state index in [1.165, 1.54) is 22.0 Å². The lowest BCUT2D eigenvalue weighted by Crippen LogP contribution is -2.23. The molecule has 1 heterocycles. The van der Waals surface area contributed by atoms with Crippen LogP contribution in [0.5, 0.6) is 11.5 Å². The number of hydrogen-bond acceptors (Lipinski definition) is 7. The van der Waals surface area contributed by atoms with Gasteiger partial charge in [-0.15, -0.1) is 5.10 Å². The number of tetrazole rings is 1. The van der Waals surface area contributed by atoms with E-state index in [2.05, 4.69) is 41.6 Å². The van der Waals surface area contributed by atoms with Crippen molar-refractivity contribution in [3.8, 4) is 17.2 Å². The minimum Gasteiger partial charge on any atom is -0.497 e. The Morgan fingerprint density at radius 2 is 1.81 bits per heavy atom. The first-order valence-corrected chi connectivity index (χ1v) is 10.7. The van der Waals surface area contributed by atoms with Crippen LogP contribution in [-0.2, 0) is 10.2 Å². The number of carbonyl (C=O) groups excluding carboxylic acids is 1. The average molecular weight is 442 g/mol. The highest BCUT2D eigenvalue weighted by Gasteiger charge is 2.21. The molecule has 1 atom stereocenters. The summed E-state index contributed by atoms with van der Waals surface area (Å²) in [5.74, 6) is 1.10. The lowest BCUT2D eigenvalue weighted by Gasteiger charge is -2.19. The van der Waals surface area contributed by atoms with Gasteiger partial charge in [0.15, 0.2) is 0 Å². The number of nitrogens with zero attached hydrogens (tertiary/aromatic N) is 4. The van der Waals surface area contributed by atoms with Crippen molar-refractivity contribution in [1.82, 2.24) is 20.2 Å². The van der Waals surface area contributed by atoms with Gasteiger partial charge in [-0.05, 0) is 52.6 Å². The maximum absolute atomic E-state index is 12.7. The minimum absolute atomic E-state index is 0.0595. The summed E-state index contributed by atoms with van der Waals surface area (Å²) >= 11 is 1.26. The standard InChI is InChI=1S/C22H27N5O3S/c1-14(20(28)23-16-9-7-15(8-10-16)22(2,3)4)31-21-24-25-26-27(21)18-13-17(29-5)11-12-19(18)30-6/h7-14H,1-6H3,(H,23,28). The third kappa shape index (κ3) is 5.35. The molecule has 164 valence electrons. The molecule has 0 radical (unpaired) electrons. The van der Waals surface area contributed by atoms with Crippen molar-refractivity contribution in [3.63, 3.8) is 0 Å². The van der Waals surface area contributed by atoms with Gasteiger partial charge in [0, 0.05) is 11.8 Å². The van der Waals surface area contributed by atoms with E-state index in [4.69, 9.17) is 9.47 Å². The van der Waals surface area contributed by atoms with Gasteiger partial charge in [-0.25, -0.2) is 0 Å². The highest BCUT2D eigenvalue weighted by atomic mass is 32.2. The fourth-order valence-corrected chi connectivity index (χ4v) is 3.68. The van der Waals surface area contributed by atoms with E-state index in [9.17, 15) is 4.79 Å². The smallest absolute Gasteiger partial charge is 0.237 e. The molecule has 0 spiro atoms. The molecule has 0 bridgehead atoms. The molecule has 0 saturated heterocycles. The second-order valence-corrected chi connectivity index (χ2v) is 9.30. The Morgan fingerprint density at radius 3 is 2.42 bits per heavy atom. The lowest BCUT2D eigenvalue weighted by atomic mass is 9.87. The van der Waals surface area contributed by atoms with Gasteiger partial charge in [0.05, 0.1) is 19.5 Å². The molecule has 1 aromatic heterocycles. The van der Waals surface area contributed by atoms with E-state index in [0.717, 1.165) is 5.69 Å². The first kappa shape index (κ1) is 22.6. The van der Waals surface area contributed by atoms with Crippen LogP contribution in [0.15, 0.2) is 47.6 Å². The summed E-state index contributed by atoms with van der Waals surface area (Å²) in [5, 5.41) is 14.9. The molecule has 0 aliphatic rings. The van der Waals surface area contributed by atoms with Crippen molar-refractivity contribution in [2.75, 3.05) is 19.5 Å². The second kappa shape index (κ2) is 9.38. The number of hydrogen-bond donors (Lipinski definition) is 1. The summed E-state index contributed by atoms with van der Waals surface area (Å²) < 4.78 is 12.3. The van der Waals surface area contributed by atoms with Gasteiger partial charge in [0.25, 0.3) is 0 Å². The van der Waals surface area contributed by atoms with E-state index in [1.807, 2.05) is 31.2 Å². The van der Waals surface area contributed by atoms with Crippen LogP contribution < -0.4 is 14.8 Å². The normalized spacial score (nSPS) is 12.3. The Morgan fingerprint density at radius 1 is 1.10 bits per heavy atom. The van der Waals surface area contributed by atoms with Gasteiger partial charge in [-0.2, -0.15) is 4.68 Å². The number of thioether (sulfide) groups is 1. The number of amides is 1. The molecule has 3 rings (SSSR count). The van der Waals surface area contributed by atoms with Crippen molar-refractivity contribution in [3.05, 3.63) is 48.0 Å². The zero-order chi connectivity index (χ0) is 22.6. The Kier molecular flexibility index (Phi) is 6.84. The molecule has 0 fully saturated rings. The number of ether oxygens (including phenoxy) is 2. The van der Waals surface area contributed by atoms with Crippen LogP contribution >= 0.6 is 11.8 Å². The Balaban J connectivity index is 1.74. The number of rotatable bonds is 7. The maximum Gasteiger partial charge on any atom is 0.237 e. The van der Waals surface area contributed by atoms with Crippen LogP contribution in [0.3, 0.4) is 0 Å². The zero-order valence-electron chi connectivity index (χ0n) is 18.5. The van der Waals surface area contributed by atoms with E-state index in [1.54, 1.807) is 32.4 Å². The summed E-state index contributed by atoms with van der Waals surface area (Å²) in [7, 11) is 3.16. The van der Waals surface area contributed by atoms with Gasteiger partial charge in [0.2, 0.25) is 11.1 Å². The monoisotopic (exact) mass is 441 g/mol. The van der Waals surface area contributed by atoms with Crippen LogP contribution in [0.1, 0.15) is 33.3 Å². The maximum atomic E-state index is 12.7. The van der Waals surface area contributed by atoms with Crippen molar-refractivity contribution >= 4 is 23.4 Å². The molecule has 31 heavy (non-hydrogen) atoms. The largest absolute Gasteiger partial charge is 0.497 e. The van der Waals surface area contributed by atoms with Crippen LogP contribution in [0, 0.1) is 0 Å². The predicted molar refractivity (Wildman–Crippen MR) is 121 cm³/mol. The fourth-order valence-electron chi connectivity index (χ4n) is 2.87.